The van der Waals surface area contributed by atoms with E-state index < -0.39 is 107 Å². The Balaban J connectivity index is 1.17. The Bertz CT molecular complexity index is 3060. The molecule has 4 heterocycles. The number of hydrogen-bond acceptors (Lipinski definition) is 17. The molecule has 3 saturated heterocycles. The summed E-state index contributed by atoms with van der Waals surface area (Å²) < 4.78 is 35.6. The molecule has 488 valence electrons. The molecular formula is C65H89ClN6O17. The molecule has 3 fully saturated rings. The third kappa shape index (κ3) is 17.8. The lowest BCUT2D eigenvalue weighted by molar-refractivity contribution is -0.187. The molecule has 0 saturated carbocycles. The number of carbonyl (C=O) groups excluding carboxylic acids is 10. The van der Waals surface area contributed by atoms with Crippen LogP contribution in [-0.4, -0.2) is 170 Å². The van der Waals surface area contributed by atoms with Crippen molar-refractivity contribution >= 4 is 76.4 Å². The summed E-state index contributed by atoms with van der Waals surface area (Å²) in [6.45, 7) is 12.5. The number of imide groups is 1. The fourth-order valence-electron chi connectivity index (χ4n) is 11.9. The van der Waals surface area contributed by atoms with Crippen LogP contribution in [0.4, 0.5) is 10.5 Å². The lowest BCUT2D eigenvalue weighted by atomic mass is 9.78. The van der Waals surface area contributed by atoms with Crippen LogP contribution in [0.3, 0.4) is 0 Å². The molecule has 1 unspecified atom stereocenters. The van der Waals surface area contributed by atoms with Crippen LogP contribution in [0.1, 0.15) is 141 Å². The Morgan fingerprint density at radius 2 is 1.65 bits per heavy atom. The highest BCUT2D eigenvalue weighted by atomic mass is 35.5. The summed E-state index contributed by atoms with van der Waals surface area (Å²) >= 11 is 6.87. The molecule has 5 N–H and O–H groups in total. The van der Waals surface area contributed by atoms with Crippen LogP contribution in [0.5, 0.6) is 11.5 Å². The molecule has 0 aromatic heterocycles. The van der Waals surface area contributed by atoms with Crippen molar-refractivity contribution < 1.29 is 81.5 Å². The van der Waals surface area contributed by atoms with Gasteiger partial charge >= 0.3 is 18.0 Å². The van der Waals surface area contributed by atoms with Gasteiger partial charge in [-0.1, -0.05) is 75.6 Å². The largest absolute Gasteiger partial charge is 0.496 e. The summed E-state index contributed by atoms with van der Waals surface area (Å²) in [4.78, 5) is 138. The van der Waals surface area contributed by atoms with Crippen LogP contribution in [0.25, 0.3) is 0 Å². The van der Waals surface area contributed by atoms with E-state index in [0.29, 0.717) is 49.2 Å². The Morgan fingerprint density at radius 3 is 2.29 bits per heavy atom. The number of hydrogen-bond donors (Lipinski definition) is 4. The molecule has 6 rings (SSSR count). The summed E-state index contributed by atoms with van der Waals surface area (Å²) in [6.07, 6.45) is 3.10. The van der Waals surface area contributed by atoms with E-state index in [1.54, 1.807) is 58.9 Å². The van der Waals surface area contributed by atoms with Gasteiger partial charge in [0.1, 0.15) is 57.9 Å². The zero-order valence-corrected chi connectivity index (χ0v) is 54.0. The number of primary amides is 1. The highest BCUT2D eigenvalue weighted by Crippen LogP contribution is 2.50. The number of aliphatic hydroxyl groups is 1. The zero-order valence-electron chi connectivity index (χ0n) is 53.3. The van der Waals surface area contributed by atoms with E-state index in [-0.39, 0.29) is 104 Å². The average Bonchev–Trinajstić information content (AvgIpc) is 1.59. The second kappa shape index (κ2) is 31.0. The lowest BCUT2D eigenvalue weighted by Crippen LogP contribution is -2.53. The number of epoxide rings is 1. The van der Waals surface area contributed by atoms with Crippen LogP contribution in [-0.2, 0) is 70.1 Å². The number of halogens is 1. The quantitative estimate of drug-likeness (QED) is 0.0366. The summed E-state index contributed by atoms with van der Waals surface area (Å²) in [5.74, 6) is -5.70. The van der Waals surface area contributed by atoms with Crippen molar-refractivity contribution in [2.45, 2.75) is 180 Å². The lowest BCUT2D eigenvalue weighted by Gasteiger charge is -2.41. The van der Waals surface area contributed by atoms with Crippen LogP contribution < -0.4 is 30.7 Å². The molecular weight excluding hydrogens is 1170 g/mol. The molecule has 0 radical (unpaired) electrons. The normalized spacial score (nSPS) is 25.8. The topological polar surface area (TPSA) is 309 Å². The minimum atomic E-state index is -1.67. The summed E-state index contributed by atoms with van der Waals surface area (Å²) in [5, 5.41) is 17.6. The Hall–Kier alpha value is -7.21. The molecule has 23 nitrogen and oxygen atoms in total. The Labute approximate surface area is 526 Å². The number of nitrogens with one attached hydrogen (secondary N) is 2. The second-order valence-corrected chi connectivity index (χ2v) is 25.1. The fourth-order valence-corrected chi connectivity index (χ4v) is 12.2. The Kier molecular flexibility index (Phi) is 24.7. The van der Waals surface area contributed by atoms with E-state index in [1.165, 1.54) is 70.3 Å². The van der Waals surface area contributed by atoms with Gasteiger partial charge in [-0.05, 0) is 88.6 Å². The number of nitrogens with two attached hydrogens (primary N) is 1. The van der Waals surface area contributed by atoms with E-state index in [0.717, 1.165) is 16.0 Å². The SMILES string of the molecule is COc1cc(C(=O)N(C)[C@@H](C)C(=O)O[C@H]2CC(=O)N(C)c3cc(cc(OC)c3Cl)C/C(C)=C/C=C/[C@@H](OC)[C@]3(O)CC(=O)O[C@@H](C3)[C@@H](C)[C@@H]3O[C@@]23C)ccc1CC(=O)[C@H](CCCNC(N)=O)NC(=O)[C@@H](CC(=O)CCCCCN1C(=O)CC(C)C1=O)C(C)C. The van der Waals surface area contributed by atoms with Crippen LogP contribution >= 0.6 is 11.6 Å². The molecule has 11 atom stereocenters. The minimum Gasteiger partial charge on any atom is -0.496 e. The standard InChI is InChI=1S/C65H89ClN6O17/c1-36(2)45(32-44(73)19-14-13-15-25-72-55(76)27-38(4)60(72)79)59(78)69-46(20-17-24-68-63(67)82)48(74)30-42-22-23-43(31-49(42)84-10)61(80)70(8)40(6)62(81)88-53-33-54(75)71(9)47-28-41(29-50(85-11)57(47)66)26-37(3)18-16-21-52(86-12)65(83)34-51(87-56(77)35-65)39(5)58-64(53,7)89-58/h16,18,21-23,28-29,31,36,38-40,45-46,51-53,58,83H,13-15,17,19-20,24-27,30,32-35H2,1-12H3,(H,69,78)(H3,67,68,82)/b21-16+,37-18+/t38?,39-,40+,45+,46+,51+,52-,53+,58+,64+,65-/m1/s1. The number of likely N-dealkylation sites (N-methyl/N-ethyl adjacent to an activating group) is 1. The number of amides is 7. The maximum Gasteiger partial charge on any atom is 0.328 e. The molecule has 89 heavy (non-hydrogen) atoms. The number of Topliss-reactive ketones (excluding diaryl/α,β-unsaturated/α-hetero) is 2. The first-order valence-electron chi connectivity index (χ1n) is 30.4. The van der Waals surface area contributed by atoms with E-state index >= 15 is 0 Å². The molecule has 24 heteroatoms. The predicted octanol–water partition coefficient (Wildman–Crippen LogP) is 6.32. The van der Waals surface area contributed by atoms with Crippen LogP contribution in [0, 0.1) is 23.7 Å². The number of ether oxygens (including phenoxy) is 6. The first kappa shape index (κ1) is 70.9. The number of fused-ring (bicyclic) bond motifs is 5. The second-order valence-electron chi connectivity index (χ2n) is 24.7. The van der Waals surface area contributed by atoms with E-state index in [4.69, 9.17) is 45.8 Å². The maximum absolute atomic E-state index is 14.6. The van der Waals surface area contributed by atoms with Gasteiger partial charge in [-0.2, -0.15) is 0 Å². The summed E-state index contributed by atoms with van der Waals surface area (Å²) in [7, 11) is 7.18. The fraction of sp³-hybridized carbons (Fsp3) is 0.600. The molecule has 0 spiro atoms. The number of likely N-dealkylation sites (tertiary alicyclic amines) is 1. The van der Waals surface area contributed by atoms with Gasteiger partial charge in [-0.15, -0.1) is 0 Å². The molecule has 4 aliphatic rings. The highest BCUT2D eigenvalue weighted by molar-refractivity contribution is 6.35. The molecule has 2 aromatic rings. The molecule has 4 bridgehead atoms. The average molecular weight is 1260 g/mol. The minimum absolute atomic E-state index is 0.0238. The van der Waals surface area contributed by atoms with Crippen LogP contribution in [0.15, 0.2) is 54.1 Å². The van der Waals surface area contributed by atoms with Gasteiger partial charge in [0.2, 0.25) is 23.6 Å². The zero-order chi connectivity index (χ0) is 65.8. The number of methoxy groups -OCH3 is 3. The van der Waals surface area contributed by atoms with Crippen molar-refractivity contribution in [1.29, 1.82) is 0 Å². The summed E-state index contributed by atoms with van der Waals surface area (Å²) in [5.41, 5.74) is 4.66. The van der Waals surface area contributed by atoms with Gasteiger partial charge < -0.3 is 59.7 Å². The van der Waals surface area contributed by atoms with E-state index in [1.807, 2.05) is 13.0 Å². The number of urea groups is 1. The third-order valence-electron chi connectivity index (χ3n) is 17.7. The van der Waals surface area contributed by atoms with Crippen molar-refractivity contribution in [2.75, 3.05) is 53.4 Å². The van der Waals surface area contributed by atoms with Crippen molar-refractivity contribution in [3.63, 3.8) is 0 Å². The van der Waals surface area contributed by atoms with Crippen molar-refractivity contribution in [3.8, 4) is 11.5 Å². The molecule has 0 aliphatic carbocycles. The number of allylic oxidation sites excluding steroid dienone is 3. The number of anilines is 1. The number of nitrogens with zero attached hydrogens (tertiary/aromatic N) is 3. The predicted molar refractivity (Wildman–Crippen MR) is 329 cm³/mol. The summed E-state index contributed by atoms with van der Waals surface area (Å²) in [6, 6.07) is 4.82. The van der Waals surface area contributed by atoms with Crippen molar-refractivity contribution in [3.05, 3.63) is 75.8 Å². The molecule has 4 aliphatic heterocycles. The van der Waals surface area contributed by atoms with Gasteiger partial charge in [0.25, 0.3) is 5.91 Å². The number of ketones is 2. The van der Waals surface area contributed by atoms with E-state index in [2.05, 4.69) is 10.6 Å². The van der Waals surface area contributed by atoms with Gasteiger partial charge in [-0.3, -0.25) is 43.3 Å². The molecule has 7 amide bonds. The van der Waals surface area contributed by atoms with Crippen LogP contribution in [0.2, 0.25) is 5.02 Å². The van der Waals surface area contributed by atoms with Crippen molar-refractivity contribution in [2.24, 2.45) is 29.4 Å². The van der Waals surface area contributed by atoms with E-state index in [9.17, 15) is 53.1 Å². The number of rotatable bonds is 25. The highest BCUT2D eigenvalue weighted by Gasteiger charge is 2.64. The first-order valence-corrected chi connectivity index (χ1v) is 30.8. The number of esters is 2. The number of benzene rings is 2. The number of carbonyl (C=O) groups is 10. The first-order chi connectivity index (χ1) is 42.0. The smallest absolute Gasteiger partial charge is 0.328 e. The van der Waals surface area contributed by atoms with Gasteiger partial charge in [0.05, 0.1) is 44.9 Å². The monoisotopic (exact) mass is 1260 g/mol. The number of unbranched alkanes of at least 4 members (excludes halogenated alkanes) is 2. The molecule has 2 aromatic carbocycles. The van der Waals surface area contributed by atoms with Gasteiger partial charge in [0, 0.05) is 95.3 Å². The third-order valence-corrected chi connectivity index (χ3v) is 18.1. The van der Waals surface area contributed by atoms with Gasteiger partial charge in [-0.25, -0.2) is 9.59 Å². The Morgan fingerprint density at radius 1 is 0.944 bits per heavy atom. The van der Waals surface area contributed by atoms with Gasteiger partial charge in [0.15, 0.2) is 5.78 Å². The maximum atomic E-state index is 14.6. The van der Waals surface area contributed by atoms with Crippen molar-refractivity contribution in [1.82, 2.24) is 20.4 Å².